The zero-order valence-electron chi connectivity index (χ0n) is 17.9. The molecule has 1 N–H and O–H groups in total. The maximum absolute atomic E-state index is 13.0. The van der Waals surface area contributed by atoms with Crippen LogP contribution < -0.4 is 9.64 Å². The van der Waals surface area contributed by atoms with Crippen molar-refractivity contribution >= 4 is 17.7 Å². The molecule has 0 radical (unpaired) electrons. The van der Waals surface area contributed by atoms with Crippen LogP contribution in [0.4, 0.5) is 5.82 Å². The predicted molar refractivity (Wildman–Crippen MR) is 122 cm³/mol. The highest BCUT2D eigenvalue weighted by Crippen LogP contribution is 2.42. The van der Waals surface area contributed by atoms with Crippen molar-refractivity contribution in [3.8, 4) is 11.5 Å². The van der Waals surface area contributed by atoms with Gasteiger partial charge in [-0.1, -0.05) is 12.1 Å². The Kier molecular flexibility index (Phi) is 5.33. The molecule has 1 saturated heterocycles. The highest BCUT2D eigenvalue weighted by molar-refractivity contribution is 6.15. The molecule has 1 aromatic carbocycles. The quantitative estimate of drug-likeness (QED) is 0.638. The fourth-order valence-corrected chi connectivity index (χ4v) is 4.23. The molecule has 4 heterocycles. The van der Waals surface area contributed by atoms with E-state index in [1.165, 1.54) is 0 Å². The molecular formula is C25H24N4O3. The number of carbonyl (C=O) groups is 1. The molecule has 0 bridgehead atoms. The highest BCUT2D eigenvalue weighted by Gasteiger charge is 2.34. The Labute approximate surface area is 186 Å². The summed E-state index contributed by atoms with van der Waals surface area (Å²) in [6.07, 6.45) is 5.13. The fourth-order valence-electron chi connectivity index (χ4n) is 4.23. The minimum absolute atomic E-state index is 0.153. The van der Waals surface area contributed by atoms with Gasteiger partial charge in [0.05, 0.1) is 16.8 Å². The zero-order valence-corrected chi connectivity index (χ0v) is 17.9. The third-order valence-corrected chi connectivity index (χ3v) is 5.91. The lowest BCUT2D eigenvalue weighted by Gasteiger charge is -2.35. The average molecular weight is 428 g/mol. The van der Waals surface area contributed by atoms with E-state index >= 15 is 0 Å². The number of carbonyl (C=O) groups excluding carboxylic acids is 1. The van der Waals surface area contributed by atoms with Crippen molar-refractivity contribution in [2.45, 2.75) is 13.5 Å². The number of Topliss-reactive ketones (excluding diaryl/α,β-unsaturated/α-hetero) is 1. The zero-order chi connectivity index (χ0) is 22.1. The summed E-state index contributed by atoms with van der Waals surface area (Å²) in [7, 11) is 0. The molecule has 7 heteroatoms. The molecule has 5 rings (SSSR count). The topological polar surface area (TPSA) is 78.8 Å². The number of allylic oxidation sites excluding steroid dienone is 1. The van der Waals surface area contributed by atoms with Gasteiger partial charge in [-0.3, -0.25) is 14.7 Å². The number of nitrogens with zero attached hydrogens (tertiary/aromatic N) is 4. The number of phenolic OH excluding ortho intramolecular Hbond substituents is 1. The van der Waals surface area contributed by atoms with Crippen molar-refractivity contribution in [2.75, 3.05) is 31.1 Å². The Morgan fingerprint density at radius 1 is 1.06 bits per heavy atom. The molecule has 0 saturated carbocycles. The first kappa shape index (κ1) is 20.2. The van der Waals surface area contributed by atoms with Gasteiger partial charge >= 0.3 is 0 Å². The first-order valence-corrected chi connectivity index (χ1v) is 10.7. The summed E-state index contributed by atoms with van der Waals surface area (Å²) < 4.78 is 6.01. The maximum Gasteiger partial charge on any atom is 0.232 e. The van der Waals surface area contributed by atoms with Crippen LogP contribution in [0.3, 0.4) is 0 Å². The van der Waals surface area contributed by atoms with Crippen LogP contribution >= 0.6 is 0 Å². The van der Waals surface area contributed by atoms with Crippen molar-refractivity contribution in [1.82, 2.24) is 14.9 Å². The Morgan fingerprint density at radius 3 is 2.50 bits per heavy atom. The molecule has 0 aliphatic carbocycles. The van der Waals surface area contributed by atoms with Gasteiger partial charge in [-0.05, 0) is 42.8 Å². The number of piperazine rings is 1. The van der Waals surface area contributed by atoms with Crippen molar-refractivity contribution in [1.29, 1.82) is 0 Å². The number of aryl methyl sites for hydroxylation is 1. The lowest BCUT2D eigenvalue weighted by Crippen LogP contribution is -2.46. The molecule has 2 aliphatic rings. The molecule has 32 heavy (non-hydrogen) atoms. The minimum Gasteiger partial charge on any atom is -0.507 e. The summed E-state index contributed by atoms with van der Waals surface area (Å²) in [6, 6.07) is 13.1. The molecule has 2 aromatic heterocycles. The minimum atomic E-state index is -0.177. The van der Waals surface area contributed by atoms with Crippen LogP contribution in [0.15, 0.2) is 60.6 Å². The van der Waals surface area contributed by atoms with E-state index in [4.69, 9.17) is 4.74 Å². The molecule has 7 nitrogen and oxygen atoms in total. The molecule has 0 spiro atoms. The molecule has 1 fully saturated rings. The number of aromatic hydroxyl groups is 1. The summed E-state index contributed by atoms with van der Waals surface area (Å²) in [5.74, 6) is 1.64. The van der Waals surface area contributed by atoms with E-state index in [2.05, 4.69) is 19.8 Å². The van der Waals surface area contributed by atoms with Gasteiger partial charge in [0.2, 0.25) is 5.78 Å². The van der Waals surface area contributed by atoms with Crippen molar-refractivity contribution in [3.05, 3.63) is 83.0 Å². The predicted octanol–water partition coefficient (Wildman–Crippen LogP) is 3.43. The Morgan fingerprint density at radius 2 is 1.81 bits per heavy atom. The summed E-state index contributed by atoms with van der Waals surface area (Å²) in [4.78, 5) is 26.2. The van der Waals surface area contributed by atoms with Gasteiger partial charge < -0.3 is 14.7 Å². The molecular weight excluding hydrogens is 404 g/mol. The van der Waals surface area contributed by atoms with E-state index < -0.39 is 0 Å². The second-order valence-electron chi connectivity index (χ2n) is 8.04. The van der Waals surface area contributed by atoms with Crippen LogP contribution in [0.5, 0.6) is 11.5 Å². The van der Waals surface area contributed by atoms with Gasteiger partial charge in [0, 0.05) is 51.2 Å². The van der Waals surface area contributed by atoms with Gasteiger partial charge in [0.15, 0.2) is 5.76 Å². The molecule has 3 aromatic rings. The summed E-state index contributed by atoms with van der Waals surface area (Å²) in [5.41, 5.74) is 2.52. The largest absolute Gasteiger partial charge is 0.507 e. The van der Waals surface area contributed by atoms with E-state index in [9.17, 15) is 9.90 Å². The molecule has 2 aliphatic heterocycles. The van der Waals surface area contributed by atoms with Gasteiger partial charge in [-0.15, -0.1) is 0 Å². The first-order chi connectivity index (χ1) is 15.6. The smallest absolute Gasteiger partial charge is 0.232 e. The van der Waals surface area contributed by atoms with Crippen LogP contribution in [-0.2, 0) is 6.54 Å². The number of fused-ring (bicyclic) bond motifs is 1. The van der Waals surface area contributed by atoms with Crippen LogP contribution in [0.1, 0.15) is 27.2 Å². The van der Waals surface area contributed by atoms with Crippen LogP contribution in [0, 0.1) is 6.92 Å². The lowest BCUT2D eigenvalue weighted by atomic mass is 9.99. The van der Waals surface area contributed by atoms with E-state index in [1.54, 1.807) is 24.5 Å². The summed E-state index contributed by atoms with van der Waals surface area (Å²) in [6.45, 7) is 5.66. The lowest BCUT2D eigenvalue weighted by molar-refractivity contribution is 0.101. The number of ketones is 1. The SMILES string of the molecule is Cc1cc(O)c(CN2CCN(c3ccccn3)CC2)c2c1C(=O)/C(=C/c1ccccn1)O2. The number of hydrogen-bond donors (Lipinski definition) is 1. The van der Waals surface area contributed by atoms with Gasteiger partial charge in [-0.25, -0.2) is 4.98 Å². The van der Waals surface area contributed by atoms with E-state index in [0.717, 1.165) is 32.0 Å². The van der Waals surface area contributed by atoms with Gasteiger partial charge in [-0.2, -0.15) is 0 Å². The van der Waals surface area contributed by atoms with Crippen molar-refractivity contribution < 1.29 is 14.6 Å². The monoisotopic (exact) mass is 428 g/mol. The third kappa shape index (κ3) is 3.83. The Balaban J connectivity index is 1.37. The normalized spacial score (nSPS) is 17.5. The summed E-state index contributed by atoms with van der Waals surface area (Å²) >= 11 is 0. The van der Waals surface area contributed by atoms with Gasteiger partial charge in [0.1, 0.15) is 17.3 Å². The number of rotatable bonds is 4. The number of anilines is 1. The number of aromatic nitrogens is 2. The fraction of sp³-hybridized carbons (Fsp3) is 0.240. The van der Waals surface area contributed by atoms with Crippen LogP contribution in [0.2, 0.25) is 0 Å². The number of hydrogen-bond acceptors (Lipinski definition) is 7. The molecule has 0 amide bonds. The Hall–Kier alpha value is -3.71. The van der Waals surface area contributed by atoms with Crippen molar-refractivity contribution in [2.24, 2.45) is 0 Å². The van der Waals surface area contributed by atoms with E-state index in [-0.39, 0.29) is 17.3 Å². The number of pyridine rings is 2. The molecule has 162 valence electrons. The van der Waals surface area contributed by atoms with Crippen molar-refractivity contribution in [3.63, 3.8) is 0 Å². The standard InChI is InChI=1S/C25H24N4O3/c1-17-14-20(30)19(16-28-10-12-29(13-11-28)22-7-3-5-9-27-22)25-23(17)24(31)21(32-25)15-18-6-2-4-8-26-18/h2-9,14-15,30H,10-13,16H2,1H3/b21-15-. The van der Waals surface area contributed by atoms with E-state index in [0.29, 0.717) is 34.7 Å². The Bertz CT molecular complexity index is 1170. The third-order valence-electron chi connectivity index (χ3n) is 5.91. The summed E-state index contributed by atoms with van der Waals surface area (Å²) in [5, 5.41) is 10.7. The molecule has 0 atom stereocenters. The van der Waals surface area contributed by atoms with Crippen LogP contribution in [-0.4, -0.2) is 51.9 Å². The van der Waals surface area contributed by atoms with Gasteiger partial charge in [0.25, 0.3) is 0 Å². The first-order valence-electron chi connectivity index (χ1n) is 10.7. The van der Waals surface area contributed by atoms with E-state index in [1.807, 2.05) is 43.3 Å². The maximum atomic E-state index is 13.0. The number of phenols is 1. The second kappa shape index (κ2) is 8.43. The molecule has 0 unspecified atom stereocenters. The van der Waals surface area contributed by atoms with Crippen LogP contribution in [0.25, 0.3) is 6.08 Å². The number of benzene rings is 1. The number of ether oxygens (including phenoxy) is 1. The average Bonchev–Trinajstić information content (AvgIpc) is 3.14. The highest BCUT2D eigenvalue weighted by atomic mass is 16.5. The second-order valence-corrected chi connectivity index (χ2v) is 8.04.